The maximum atomic E-state index is 12.4. The van der Waals surface area contributed by atoms with Gasteiger partial charge >= 0.3 is 0 Å². The molecular weight excluding hydrogens is 256 g/mol. The minimum Gasteiger partial charge on any atom is -0.315 e. The first-order valence-electron chi connectivity index (χ1n) is 3.43. The summed E-state index contributed by atoms with van der Waals surface area (Å²) in [6.07, 6.45) is 0. The third-order valence-electron chi connectivity index (χ3n) is 1.38. The highest BCUT2D eigenvalue weighted by Crippen LogP contribution is 2.17. The molecule has 0 atom stereocenters. The molecule has 1 aromatic rings. The third kappa shape index (κ3) is 2.32. The highest BCUT2D eigenvalue weighted by Gasteiger charge is 1.97. The predicted octanol–water partition coefficient (Wildman–Crippen LogP) is 3.00. The Labute approximate surface area is 79.7 Å². The monoisotopic (exact) mass is 265 g/mol. The Bertz CT molecular complexity index is 222. The summed E-state index contributed by atoms with van der Waals surface area (Å²) in [7, 11) is 0. The number of rotatable bonds is 2. The van der Waals surface area contributed by atoms with Gasteiger partial charge in [-0.2, -0.15) is 0 Å². The average Bonchev–Trinajstić information content (AvgIpc) is 2.05. The van der Waals surface area contributed by atoms with E-state index in [2.05, 4.69) is 29.8 Å². The van der Waals surface area contributed by atoms with Gasteiger partial charge in [-0.25, -0.2) is 4.39 Å². The Hall–Kier alpha value is -0.320. The molecule has 0 radical (unpaired) electrons. The van der Waals surface area contributed by atoms with Crippen molar-refractivity contribution < 1.29 is 4.39 Å². The molecule has 0 spiro atoms. The molecule has 0 unspecified atom stereocenters. The summed E-state index contributed by atoms with van der Waals surface area (Å²) in [5, 5.41) is 0. The SMILES string of the molecule is CCN(I)c1ccc(F)cc1. The Morgan fingerprint density at radius 1 is 1.36 bits per heavy atom. The lowest BCUT2D eigenvalue weighted by Gasteiger charge is -2.12. The minimum absolute atomic E-state index is 0.186. The first kappa shape index (κ1) is 8.77. The van der Waals surface area contributed by atoms with E-state index in [0.29, 0.717) is 0 Å². The molecule has 0 saturated carbocycles. The summed E-state index contributed by atoms with van der Waals surface area (Å²) >= 11 is 2.19. The van der Waals surface area contributed by atoms with Gasteiger partial charge < -0.3 is 3.11 Å². The van der Waals surface area contributed by atoms with Crippen molar-refractivity contribution in [2.24, 2.45) is 0 Å². The van der Waals surface area contributed by atoms with Gasteiger partial charge in [-0.1, -0.05) is 0 Å². The summed E-state index contributed by atoms with van der Waals surface area (Å²) in [5.74, 6) is -0.186. The zero-order valence-corrected chi connectivity index (χ0v) is 8.38. The minimum atomic E-state index is -0.186. The van der Waals surface area contributed by atoms with Crippen molar-refractivity contribution in [3.05, 3.63) is 30.1 Å². The molecule has 0 aliphatic carbocycles. The van der Waals surface area contributed by atoms with Gasteiger partial charge in [-0.15, -0.1) is 0 Å². The molecule has 0 aromatic heterocycles. The molecule has 60 valence electrons. The zero-order chi connectivity index (χ0) is 8.27. The van der Waals surface area contributed by atoms with Crippen molar-refractivity contribution in [3.8, 4) is 0 Å². The molecule has 0 saturated heterocycles. The van der Waals surface area contributed by atoms with E-state index in [9.17, 15) is 4.39 Å². The first-order valence-corrected chi connectivity index (χ1v) is 4.39. The van der Waals surface area contributed by atoms with E-state index in [0.717, 1.165) is 12.2 Å². The summed E-state index contributed by atoms with van der Waals surface area (Å²) in [6, 6.07) is 6.48. The molecule has 0 amide bonds. The highest BCUT2D eigenvalue weighted by atomic mass is 127. The van der Waals surface area contributed by atoms with E-state index in [-0.39, 0.29) is 5.82 Å². The first-order chi connectivity index (χ1) is 5.24. The molecule has 0 bridgehead atoms. The van der Waals surface area contributed by atoms with Crippen molar-refractivity contribution in [3.63, 3.8) is 0 Å². The summed E-state index contributed by atoms with van der Waals surface area (Å²) in [5.41, 5.74) is 1.04. The fourth-order valence-electron chi connectivity index (χ4n) is 0.785. The van der Waals surface area contributed by atoms with E-state index < -0.39 is 0 Å². The smallest absolute Gasteiger partial charge is 0.123 e. The topological polar surface area (TPSA) is 3.24 Å². The lowest BCUT2D eigenvalue weighted by atomic mass is 10.3. The molecule has 3 heteroatoms. The Morgan fingerprint density at radius 2 is 1.91 bits per heavy atom. The van der Waals surface area contributed by atoms with E-state index in [4.69, 9.17) is 0 Å². The third-order valence-corrected chi connectivity index (χ3v) is 2.62. The second kappa shape index (κ2) is 3.90. The van der Waals surface area contributed by atoms with Gasteiger partial charge in [0.25, 0.3) is 0 Å². The van der Waals surface area contributed by atoms with Gasteiger partial charge in [0.1, 0.15) is 5.82 Å². The van der Waals surface area contributed by atoms with Crippen LogP contribution in [-0.4, -0.2) is 6.54 Å². The van der Waals surface area contributed by atoms with Gasteiger partial charge in [0, 0.05) is 12.2 Å². The maximum absolute atomic E-state index is 12.4. The zero-order valence-electron chi connectivity index (χ0n) is 6.22. The van der Waals surface area contributed by atoms with Gasteiger partial charge in [0.2, 0.25) is 0 Å². The van der Waals surface area contributed by atoms with Gasteiger partial charge in [-0.05, 0) is 31.2 Å². The van der Waals surface area contributed by atoms with Crippen LogP contribution in [0.25, 0.3) is 0 Å². The molecule has 1 rings (SSSR count). The normalized spacial score (nSPS) is 9.73. The van der Waals surface area contributed by atoms with Crippen LogP contribution < -0.4 is 3.11 Å². The van der Waals surface area contributed by atoms with Crippen LogP contribution in [0.15, 0.2) is 24.3 Å². The Kier molecular flexibility index (Phi) is 3.11. The molecule has 0 heterocycles. The van der Waals surface area contributed by atoms with E-state index >= 15 is 0 Å². The van der Waals surface area contributed by atoms with Crippen molar-refractivity contribution in [2.45, 2.75) is 6.92 Å². The maximum Gasteiger partial charge on any atom is 0.123 e. The fraction of sp³-hybridized carbons (Fsp3) is 0.250. The standard InChI is InChI=1S/C8H9FIN/c1-2-11(10)8-5-3-7(9)4-6-8/h3-6H,2H2,1H3. The number of benzene rings is 1. The van der Waals surface area contributed by atoms with Crippen LogP contribution >= 0.6 is 22.9 Å². The summed E-state index contributed by atoms with van der Waals surface area (Å²) in [4.78, 5) is 0. The highest BCUT2D eigenvalue weighted by molar-refractivity contribution is 14.1. The lowest BCUT2D eigenvalue weighted by Crippen LogP contribution is -2.06. The second-order valence-corrected chi connectivity index (χ2v) is 3.32. The van der Waals surface area contributed by atoms with Crippen LogP contribution in [0.1, 0.15) is 6.92 Å². The number of anilines is 1. The Balaban J connectivity index is 2.81. The van der Waals surface area contributed by atoms with Gasteiger partial charge in [-0.3, -0.25) is 0 Å². The van der Waals surface area contributed by atoms with Crippen LogP contribution in [0.2, 0.25) is 0 Å². The van der Waals surface area contributed by atoms with Crippen LogP contribution in [0.5, 0.6) is 0 Å². The summed E-state index contributed by atoms with van der Waals surface area (Å²) in [6.45, 7) is 2.97. The largest absolute Gasteiger partial charge is 0.315 e. The van der Waals surface area contributed by atoms with Crippen molar-refractivity contribution >= 4 is 28.6 Å². The van der Waals surface area contributed by atoms with Crippen LogP contribution in [-0.2, 0) is 0 Å². The van der Waals surface area contributed by atoms with Crippen molar-refractivity contribution in [1.29, 1.82) is 0 Å². The van der Waals surface area contributed by atoms with E-state index in [1.54, 1.807) is 12.1 Å². The number of hydrogen-bond donors (Lipinski definition) is 0. The van der Waals surface area contributed by atoms with Crippen molar-refractivity contribution in [2.75, 3.05) is 9.66 Å². The van der Waals surface area contributed by atoms with Crippen LogP contribution in [0, 0.1) is 5.82 Å². The van der Waals surface area contributed by atoms with Crippen LogP contribution in [0.3, 0.4) is 0 Å². The molecular formula is C8H9FIN. The predicted molar refractivity (Wildman–Crippen MR) is 53.4 cm³/mol. The Morgan fingerprint density at radius 3 is 2.36 bits per heavy atom. The molecule has 0 fully saturated rings. The lowest BCUT2D eigenvalue weighted by molar-refractivity contribution is 0.628. The van der Waals surface area contributed by atoms with Crippen molar-refractivity contribution in [1.82, 2.24) is 0 Å². The number of hydrogen-bond acceptors (Lipinski definition) is 1. The van der Waals surface area contributed by atoms with Gasteiger partial charge in [0.05, 0.1) is 22.9 Å². The van der Waals surface area contributed by atoms with E-state index in [1.165, 1.54) is 12.1 Å². The van der Waals surface area contributed by atoms with E-state index in [1.807, 2.05) is 3.11 Å². The molecule has 0 aliphatic heterocycles. The molecule has 1 nitrogen and oxygen atoms in total. The molecule has 0 aliphatic rings. The summed E-state index contributed by atoms with van der Waals surface area (Å²) < 4.78 is 14.5. The second-order valence-electron chi connectivity index (χ2n) is 2.15. The average molecular weight is 265 g/mol. The molecule has 0 N–H and O–H groups in total. The fourth-order valence-corrected chi connectivity index (χ4v) is 1.11. The quantitative estimate of drug-likeness (QED) is 0.587. The molecule has 11 heavy (non-hydrogen) atoms. The molecule has 1 aromatic carbocycles. The van der Waals surface area contributed by atoms with Crippen LogP contribution in [0.4, 0.5) is 10.1 Å². The van der Waals surface area contributed by atoms with Gasteiger partial charge in [0.15, 0.2) is 0 Å². The number of halogens is 2. The number of nitrogens with zero attached hydrogens (tertiary/aromatic N) is 1.